The van der Waals surface area contributed by atoms with Crippen LogP contribution in [-0.2, 0) is 0 Å². The van der Waals surface area contributed by atoms with E-state index in [4.69, 9.17) is 16.7 Å². The lowest BCUT2D eigenvalue weighted by Gasteiger charge is -2.09. The van der Waals surface area contributed by atoms with Crippen LogP contribution >= 0.6 is 11.6 Å². The van der Waals surface area contributed by atoms with Crippen molar-refractivity contribution in [3.05, 3.63) is 34.3 Å². The standard InChI is InChI=1S/C14H20ClNO2/c1-10-5-6-12(13(15)8-10)14(18)16-7-3-4-11(2)9-17/h5-6,8,11,17H,3-4,7,9H2,1-2H3,(H,16,18). The smallest absolute Gasteiger partial charge is 0.252 e. The summed E-state index contributed by atoms with van der Waals surface area (Å²) in [5.74, 6) is 0.140. The summed E-state index contributed by atoms with van der Waals surface area (Å²) in [5, 5.41) is 12.2. The number of aliphatic hydroxyl groups excluding tert-OH is 1. The molecule has 1 atom stereocenters. The van der Waals surface area contributed by atoms with Crippen molar-refractivity contribution < 1.29 is 9.90 Å². The van der Waals surface area contributed by atoms with E-state index >= 15 is 0 Å². The molecule has 0 bridgehead atoms. The molecule has 2 N–H and O–H groups in total. The molecule has 0 spiro atoms. The van der Waals surface area contributed by atoms with E-state index in [1.54, 1.807) is 12.1 Å². The van der Waals surface area contributed by atoms with Crippen LogP contribution in [0.15, 0.2) is 18.2 Å². The molecule has 0 aromatic heterocycles. The Bertz CT molecular complexity index is 407. The van der Waals surface area contributed by atoms with Gasteiger partial charge in [0.1, 0.15) is 0 Å². The Kier molecular flexibility index (Phi) is 6.16. The van der Waals surface area contributed by atoms with Gasteiger partial charge in [0.25, 0.3) is 5.91 Å². The molecule has 1 amide bonds. The first kappa shape index (κ1) is 15.0. The summed E-state index contributed by atoms with van der Waals surface area (Å²) in [6.45, 7) is 4.72. The Morgan fingerprint density at radius 2 is 2.22 bits per heavy atom. The summed E-state index contributed by atoms with van der Waals surface area (Å²) in [5.41, 5.74) is 1.55. The van der Waals surface area contributed by atoms with Crippen molar-refractivity contribution in [2.24, 2.45) is 5.92 Å². The van der Waals surface area contributed by atoms with Crippen LogP contribution in [0.4, 0.5) is 0 Å². The van der Waals surface area contributed by atoms with Crippen LogP contribution in [-0.4, -0.2) is 24.2 Å². The average Bonchev–Trinajstić information content (AvgIpc) is 2.34. The molecule has 1 unspecified atom stereocenters. The van der Waals surface area contributed by atoms with E-state index in [0.29, 0.717) is 17.1 Å². The van der Waals surface area contributed by atoms with Crippen LogP contribution < -0.4 is 5.32 Å². The molecule has 1 aromatic carbocycles. The molecule has 0 heterocycles. The van der Waals surface area contributed by atoms with Crippen LogP contribution in [0, 0.1) is 12.8 Å². The molecule has 18 heavy (non-hydrogen) atoms. The number of carbonyl (C=O) groups is 1. The maximum Gasteiger partial charge on any atom is 0.252 e. The van der Waals surface area contributed by atoms with Crippen molar-refractivity contribution in [2.45, 2.75) is 26.7 Å². The van der Waals surface area contributed by atoms with E-state index in [9.17, 15) is 4.79 Å². The van der Waals surface area contributed by atoms with E-state index in [-0.39, 0.29) is 18.4 Å². The number of hydrogen-bond donors (Lipinski definition) is 2. The molecule has 0 fully saturated rings. The van der Waals surface area contributed by atoms with Crippen molar-refractivity contribution >= 4 is 17.5 Å². The van der Waals surface area contributed by atoms with Crippen molar-refractivity contribution in [2.75, 3.05) is 13.2 Å². The maximum atomic E-state index is 11.8. The Morgan fingerprint density at radius 3 is 2.83 bits per heavy atom. The van der Waals surface area contributed by atoms with E-state index in [0.717, 1.165) is 18.4 Å². The summed E-state index contributed by atoms with van der Waals surface area (Å²) < 4.78 is 0. The zero-order chi connectivity index (χ0) is 13.5. The highest BCUT2D eigenvalue weighted by molar-refractivity contribution is 6.33. The average molecular weight is 270 g/mol. The Labute approximate surface area is 113 Å². The van der Waals surface area contributed by atoms with Gasteiger partial charge < -0.3 is 10.4 Å². The van der Waals surface area contributed by atoms with Crippen molar-refractivity contribution in [3.8, 4) is 0 Å². The van der Waals surface area contributed by atoms with Gasteiger partial charge in [-0.3, -0.25) is 4.79 Å². The number of aryl methyl sites for hydroxylation is 1. The Morgan fingerprint density at radius 1 is 1.50 bits per heavy atom. The summed E-state index contributed by atoms with van der Waals surface area (Å²) in [4.78, 5) is 11.8. The molecule has 0 saturated heterocycles. The van der Waals surface area contributed by atoms with Crippen molar-refractivity contribution in [1.82, 2.24) is 5.32 Å². The lowest BCUT2D eigenvalue weighted by molar-refractivity contribution is 0.0952. The quantitative estimate of drug-likeness (QED) is 0.780. The zero-order valence-corrected chi connectivity index (χ0v) is 11.6. The number of amides is 1. The molecular weight excluding hydrogens is 250 g/mol. The first-order chi connectivity index (χ1) is 8.54. The zero-order valence-electron chi connectivity index (χ0n) is 10.9. The predicted octanol–water partition coefficient (Wildman–Crippen LogP) is 2.79. The minimum absolute atomic E-state index is 0.142. The second-order valence-corrected chi connectivity index (χ2v) is 5.08. The van der Waals surface area contributed by atoms with Crippen LogP contribution in [0.25, 0.3) is 0 Å². The highest BCUT2D eigenvalue weighted by Gasteiger charge is 2.09. The third-order valence-corrected chi connectivity index (χ3v) is 3.15. The molecule has 4 heteroatoms. The third-order valence-electron chi connectivity index (χ3n) is 2.84. The molecule has 1 rings (SSSR count). The molecular formula is C14H20ClNO2. The van der Waals surface area contributed by atoms with Gasteiger partial charge in [0, 0.05) is 13.2 Å². The van der Waals surface area contributed by atoms with Crippen LogP contribution in [0.3, 0.4) is 0 Å². The van der Waals surface area contributed by atoms with E-state index in [1.165, 1.54) is 0 Å². The highest BCUT2D eigenvalue weighted by Crippen LogP contribution is 2.17. The molecule has 100 valence electrons. The van der Waals surface area contributed by atoms with Gasteiger partial charge in [0.05, 0.1) is 10.6 Å². The number of halogens is 1. The first-order valence-corrected chi connectivity index (χ1v) is 6.57. The fourth-order valence-corrected chi connectivity index (χ4v) is 1.96. The van der Waals surface area contributed by atoms with Gasteiger partial charge in [-0.15, -0.1) is 0 Å². The van der Waals surface area contributed by atoms with E-state index in [1.807, 2.05) is 19.9 Å². The maximum absolute atomic E-state index is 11.8. The lowest BCUT2D eigenvalue weighted by atomic mass is 10.1. The Hall–Kier alpha value is -1.06. The fourth-order valence-electron chi connectivity index (χ4n) is 1.64. The number of aliphatic hydroxyl groups is 1. The molecule has 0 saturated carbocycles. The molecule has 0 aliphatic carbocycles. The van der Waals surface area contributed by atoms with Gasteiger partial charge in [-0.05, 0) is 43.4 Å². The summed E-state index contributed by atoms with van der Waals surface area (Å²) >= 11 is 6.02. The lowest BCUT2D eigenvalue weighted by Crippen LogP contribution is -2.25. The highest BCUT2D eigenvalue weighted by atomic mass is 35.5. The number of hydrogen-bond acceptors (Lipinski definition) is 2. The van der Waals surface area contributed by atoms with Crippen LogP contribution in [0.5, 0.6) is 0 Å². The van der Waals surface area contributed by atoms with E-state index in [2.05, 4.69) is 5.32 Å². The number of nitrogens with one attached hydrogen (secondary N) is 1. The minimum Gasteiger partial charge on any atom is -0.396 e. The van der Waals surface area contributed by atoms with Gasteiger partial charge in [-0.25, -0.2) is 0 Å². The molecule has 3 nitrogen and oxygen atoms in total. The SMILES string of the molecule is Cc1ccc(C(=O)NCCCC(C)CO)c(Cl)c1. The number of carbonyl (C=O) groups excluding carboxylic acids is 1. The molecule has 0 radical (unpaired) electrons. The van der Waals surface area contributed by atoms with E-state index < -0.39 is 0 Å². The first-order valence-electron chi connectivity index (χ1n) is 6.19. The van der Waals surface area contributed by atoms with Crippen molar-refractivity contribution in [1.29, 1.82) is 0 Å². The number of benzene rings is 1. The summed E-state index contributed by atoms with van der Waals surface area (Å²) in [6.07, 6.45) is 1.76. The van der Waals surface area contributed by atoms with Gasteiger partial charge in [0.15, 0.2) is 0 Å². The largest absolute Gasteiger partial charge is 0.396 e. The van der Waals surface area contributed by atoms with Crippen LogP contribution in [0.1, 0.15) is 35.7 Å². The monoisotopic (exact) mass is 269 g/mol. The summed E-state index contributed by atoms with van der Waals surface area (Å²) in [7, 11) is 0. The normalized spacial score (nSPS) is 12.2. The summed E-state index contributed by atoms with van der Waals surface area (Å²) in [6, 6.07) is 5.39. The van der Waals surface area contributed by atoms with Gasteiger partial charge in [-0.1, -0.05) is 24.6 Å². The van der Waals surface area contributed by atoms with Gasteiger partial charge in [-0.2, -0.15) is 0 Å². The predicted molar refractivity (Wildman–Crippen MR) is 74.0 cm³/mol. The molecule has 0 aliphatic heterocycles. The molecule has 0 aliphatic rings. The van der Waals surface area contributed by atoms with Gasteiger partial charge >= 0.3 is 0 Å². The van der Waals surface area contributed by atoms with Gasteiger partial charge in [0.2, 0.25) is 0 Å². The topological polar surface area (TPSA) is 49.3 Å². The second kappa shape index (κ2) is 7.39. The third kappa shape index (κ3) is 4.67. The fraction of sp³-hybridized carbons (Fsp3) is 0.500. The second-order valence-electron chi connectivity index (χ2n) is 4.67. The Balaban J connectivity index is 2.41. The minimum atomic E-state index is -0.142. The van der Waals surface area contributed by atoms with Crippen molar-refractivity contribution in [3.63, 3.8) is 0 Å². The van der Waals surface area contributed by atoms with Crippen LogP contribution in [0.2, 0.25) is 5.02 Å². The molecule has 1 aromatic rings. The number of rotatable bonds is 6.